The van der Waals surface area contributed by atoms with Gasteiger partial charge in [0.2, 0.25) is 5.91 Å². The molecule has 0 saturated heterocycles. The monoisotopic (exact) mass is 462 g/mol. The molecular formula is C23H19ClN6OS. The van der Waals surface area contributed by atoms with Crippen LogP contribution in [-0.2, 0) is 11.2 Å². The van der Waals surface area contributed by atoms with Crippen LogP contribution in [0.25, 0.3) is 22.4 Å². The molecule has 3 aromatic heterocycles. The van der Waals surface area contributed by atoms with Crippen LogP contribution in [0.4, 0.5) is 5.69 Å². The van der Waals surface area contributed by atoms with Gasteiger partial charge in [-0.3, -0.25) is 9.20 Å². The number of amides is 1. The van der Waals surface area contributed by atoms with Crippen molar-refractivity contribution in [1.29, 1.82) is 0 Å². The minimum Gasteiger partial charge on any atom is -0.325 e. The van der Waals surface area contributed by atoms with Gasteiger partial charge in [0.15, 0.2) is 10.8 Å². The van der Waals surface area contributed by atoms with Crippen molar-refractivity contribution in [2.24, 2.45) is 0 Å². The highest BCUT2D eigenvalue weighted by Crippen LogP contribution is 2.25. The summed E-state index contributed by atoms with van der Waals surface area (Å²) in [5.41, 5.74) is 5.26. The molecule has 1 amide bonds. The SMILES string of the molecule is CCc1ccccc1NC(=O)CSc1nnc2c3cc(-c4ccc(Cl)cc4)nn3ccn12. The van der Waals surface area contributed by atoms with Crippen LogP contribution in [-0.4, -0.2) is 35.9 Å². The van der Waals surface area contributed by atoms with Crippen LogP contribution >= 0.6 is 23.4 Å². The van der Waals surface area contributed by atoms with E-state index in [2.05, 4.69) is 27.5 Å². The molecule has 1 N–H and O–H groups in total. The molecule has 7 nitrogen and oxygen atoms in total. The number of aryl methyl sites for hydroxylation is 1. The van der Waals surface area contributed by atoms with E-state index in [-0.39, 0.29) is 11.7 Å². The lowest BCUT2D eigenvalue weighted by atomic mass is 10.1. The second-order valence-electron chi connectivity index (χ2n) is 7.19. The van der Waals surface area contributed by atoms with Crippen molar-refractivity contribution in [3.8, 4) is 11.3 Å². The number of nitrogens with zero attached hydrogens (tertiary/aromatic N) is 5. The highest BCUT2D eigenvalue weighted by molar-refractivity contribution is 7.99. The average molecular weight is 463 g/mol. The van der Waals surface area contributed by atoms with Gasteiger partial charge in [-0.2, -0.15) is 5.10 Å². The van der Waals surface area contributed by atoms with E-state index in [1.165, 1.54) is 11.8 Å². The highest BCUT2D eigenvalue weighted by Gasteiger charge is 2.14. The van der Waals surface area contributed by atoms with Crippen molar-refractivity contribution in [2.45, 2.75) is 18.5 Å². The molecule has 0 atom stereocenters. The Kier molecular flexibility index (Phi) is 5.55. The van der Waals surface area contributed by atoms with E-state index in [1.54, 1.807) is 4.52 Å². The van der Waals surface area contributed by atoms with Crippen LogP contribution in [0.5, 0.6) is 0 Å². The molecule has 0 unspecified atom stereocenters. The molecule has 160 valence electrons. The number of aromatic nitrogens is 5. The van der Waals surface area contributed by atoms with Crippen LogP contribution < -0.4 is 5.32 Å². The van der Waals surface area contributed by atoms with Crippen molar-refractivity contribution in [1.82, 2.24) is 24.2 Å². The predicted molar refractivity (Wildman–Crippen MR) is 127 cm³/mol. The van der Waals surface area contributed by atoms with Crippen LogP contribution in [0.3, 0.4) is 0 Å². The minimum absolute atomic E-state index is 0.0805. The molecular weight excluding hydrogens is 444 g/mol. The first-order valence-electron chi connectivity index (χ1n) is 10.1. The lowest BCUT2D eigenvalue weighted by molar-refractivity contribution is -0.113. The number of hydrogen-bond acceptors (Lipinski definition) is 5. The molecule has 0 aliphatic carbocycles. The quantitative estimate of drug-likeness (QED) is 0.360. The van der Waals surface area contributed by atoms with Gasteiger partial charge in [0, 0.05) is 28.7 Å². The molecule has 0 fully saturated rings. The number of carbonyl (C=O) groups excluding carboxylic acids is 1. The lowest BCUT2D eigenvalue weighted by Gasteiger charge is -2.09. The van der Waals surface area contributed by atoms with Gasteiger partial charge >= 0.3 is 0 Å². The molecule has 0 saturated carbocycles. The standard InChI is InChI=1S/C23H19ClN6OS/c1-2-15-5-3-4-6-18(15)25-21(31)14-32-23-27-26-22-20-13-19(16-7-9-17(24)10-8-16)28-30(20)12-11-29(22)23/h3-13H,2,14H2,1H3,(H,25,31). The summed E-state index contributed by atoms with van der Waals surface area (Å²) in [6, 6.07) is 17.3. The van der Waals surface area contributed by atoms with Crippen molar-refractivity contribution >= 4 is 46.1 Å². The zero-order valence-electron chi connectivity index (χ0n) is 17.2. The van der Waals surface area contributed by atoms with Crippen LogP contribution in [0.1, 0.15) is 12.5 Å². The topological polar surface area (TPSA) is 76.6 Å². The molecule has 0 spiro atoms. The molecule has 0 bridgehead atoms. The number of fused-ring (bicyclic) bond motifs is 3. The third kappa shape index (κ3) is 3.94. The summed E-state index contributed by atoms with van der Waals surface area (Å²) < 4.78 is 3.65. The molecule has 0 radical (unpaired) electrons. The maximum absolute atomic E-state index is 12.5. The van der Waals surface area contributed by atoms with Gasteiger partial charge in [-0.25, -0.2) is 4.52 Å². The van der Waals surface area contributed by atoms with Crippen molar-refractivity contribution in [3.63, 3.8) is 0 Å². The Labute approximate surface area is 193 Å². The van der Waals surface area contributed by atoms with Crippen molar-refractivity contribution in [2.75, 3.05) is 11.1 Å². The third-order valence-corrected chi connectivity index (χ3v) is 6.33. The summed E-state index contributed by atoms with van der Waals surface area (Å²) in [6.07, 6.45) is 4.57. The van der Waals surface area contributed by atoms with Crippen molar-refractivity contribution in [3.05, 3.63) is 77.6 Å². The first-order valence-corrected chi connectivity index (χ1v) is 11.5. The van der Waals surface area contributed by atoms with E-state index in [9.17, 15) is 4.79 Å². The summed E-state index contributed by atoms with van der Waals surface area (Å²) in [4.78, 5) is 12.5. The zero-order chi connectivity index (χ0) is 22.1. The average Bonchev–Trinajstić information content (AvgIpc) is 3.42. The number of benzene rings is 2. The summed E-state index contributed by atoms with van der Waals surface area (Å²) >= 11 is 7.34. The largest absolute Gasteiger partial charge is 0.325 e. The molecule has 0 aliphatic heterocycles. The number of thioether (sulfide) groups is 1. The fourth-order valence-corrected chi connectivity index (χ4v) is 4.36. The Hall–Kier alpha value is -3.36. The maximum Gasteiger partial charge on any atom is 0.234 e. The summed E-state index contributed by atoms with van der Waals surface area (Å²) in [6.45, 7) is 2.07. The number of carbonyl (C=O) groups is 1. The second kappa shape index (κ2) is 8.64. The van der Waals surface area contributed by atoms with E-state index >= 15 is 0 Å². The van der Waals surface area contributed by atoms with Gasteiger partial charge in [-0.1, -0.05) is 60.6 Å². The summed E-state index contributed by atoms with van der Waals surface area (Å²) in [5, 5.41) is 17.6. The fourth-order valence-electron chi connectivity index (χ4n) is 3.52. The van der Waals surface area contributed by atoms with Crippen LogP contribution in [0.15, 0.2) is 72.1 Å². The molecule has 2 aromatic carbocycles. The van der Waals surface area contributed by atoms with Gasteiger partial charge in [-0.05, 0) is 36.2 Å². The van der Waals surface area contributed by atoms with Gasteiger partial charge in [0.25, 0.3) is 0 Å². The molecule has 5 rings (SSSR count). The van der Waals surface area contributed by atoms with E-state index in [0.717, 1.165) is 34.4 Å². The first kappa shape index (κ1) is 20.5. The summed E-state index contributed by atoms with van der Waals surface area (Å²) in [7, 11) is 0. The van der Waals surface area contributed by atoms with Crippen molar-refractivity contribution < 1.29 is 4.79 Å². The number of halogens is 1. The zero-order valence-corrected chi connectivity index (χ0v) is 18.8. The van der Waals surface area contributed by atoms with Crippen LogP contribution in [0, 0.1) is 0 Å². The minimum atomic E-state index is -0.0805. The van der Waals surface area contributed by atoms with Crippen LogP contribution in [0.2, 0.25) is 5.02 Å². The molecule has 3 heterocycles. The number of hydrogen-bond donors (Lipinski definition) is 1. The third-order valence-electron chi connectivity index (χ3n) is 5.13. The Balaban J connectivity index is 1.36. The number of rotatable bonds is 6. The number of anilines is 1. The predicted octanol–water partition coefficient (Wildman–Crippen LogP) is 4.99. The number of nitrogens with one attached hydrogen (secondary N) is 1. The first-order chi connectivity index (χ1) is 15.6. The molecule has 5 aromatic rings. The van der Waals surface area contributed by atoms with E-state index in [1.807, 2.05) is 71.4 Å². The van der Waals surface area contributed by atoms with Gasteiger partial charge in [0.1, 0.15) is 5.52 Å². The number of para-hydroxylation sites is 1. The van der Waals surface area contributed by atoms with E-state index in [4.69, 9.17) is 11.6 Å². The van der Waals surface area contributed by atoms with E-state index < -0.39 is 0 Å². The normalized spacial score (nSPS) is 11.3. The fraction of sp³-hybridized carbons (Fsp3) is 0.130. The van der Waals surface area contributed by atoms with Gasteiger partial charge in [0.05, 0.1) is 11.4 Å². The van der Waals surface area contributed by atoms with E-state index in [0.29, 0.717) is 15.8 Å². The Morgan fingerprint density at radius 3 is 2.72 bits per heavy atom. The highest BCUT2D eigenvalue weighted by atomic mass is 35.5. The molecule has 0 aliphatic rings. The lowest BCUT2D eigenvalue weighted by Crippen LogP contribution is -2.15. The molecule has 32 heavy (non-hydrogen) atoms. The summed E-state index contributed by atoms with van der Waals surface area (Å²) in [5.74, 6) is 0.155. The Morgan fingerprint density at radius 2 is 1.91 bits per heavy atom. The van der Waals surface area contributed by atoms with Gasteiger partial charge < -0.3 is 5.32 Å². The smallest absolute Gasteiger partial charge is 0.234 e. The Bertz CT molecular complexity index is 1430. The Morgan fingerprint density at radius 1 is 1.09 bits per heavy atom. The second-order valence-corrected chi connectivity index (χ2v) is 8.57. The molecule has 9 heteroatoms. The maximum atomic E-state index is 12.5. The van der Waals surface area contributed by atoms with Gasteiger partial charge in [-0.15, -0.1) is 10.2 Å².